The third-order valence-corrected chi connectivity index (χ3v) is 13.5. The van der Waals surface area contributed by atoms with E-state index in [0.29, 0.717) is 0 Å². The molecule has 0 radical (unpaired) electrons. The third-order valence-electron chi connectivity index (χ3n) is 13.5. The Morgan fingerprint density at radius 1 is 0.354 bits per heavy atom. The van der Waals surface area contributed by atoms with Gasteiger partial charge >= 0.3 is 0 Å². The van der Waals surface area contributed by atoms with Gasteiger partial charge in [0.05, 0.1) is 16.7 Å². The number of fused-ring (bicyclic) bond motifs is 6. The molecule has 0 spiro atoms. The van der Waals surface area contributed by atoms with E-state index in [0.717, 1.165) is 22.6 Å². The van der Waals surface area contributed by atoms with Crippen molar-refractivity contribution in [3.8, 4) is 61.3 Å². The molecule has 0 fully saturated rings. The molecule has 0 saturated carbocycles. The topological polar surface area (TPSA) is 8.17 Å². The molecule has 12 rings (SSSR count). The van der Waals surface area contributed by atoms with Gasteiger partial charge < -0.3 is 9.47 Å². The number of anilines is 3. The van der Waals surface area contributed by atoms with Gasteiger partial charge in [0.15, 0.2) is 0 Å². The van der Waals surface area contributed by atoms with Gasteiger partial charge in [0, 0.05) is 33.2 Å². The first-order valence-electron chi connectivity index (χ1n) is 22.6. The van der Waals surface area contributed by atoms with Crippen LogP contribution >= 0.6 is 0 Å². The highest BCUT2D eigenvalue weighted by molar-refractivity contribution is 6.15. The van der Waals surface area contributed by atoms with Crippen molar-refractivity contribution in [2.75, 3.05) is 4.90 Å². The van der Waals surface area contributed by atoms with Crippen LogP contribution in [0.1, 0.15) is 25.0 Å². The zero-order valence-corrected chi connectivity index (χ0v) is 36.5. The first-order chi connectivity index (χ1) is 32.0. The second kappa shape index (κ2) is 15.6. The van der Waals surface area contributed by atoms with Gasteiger partial charge in [0.2, 0.25) is 0 Å². The van der Waals surface area contributed by atoms with E-state index in [1.165, 1.54) is 88.7 Å². The molecule has 1 aliphatic rings. The summed E-state index contributed by atoms with van der Waals surface area (Å²) in [5.41, 5.74) is 21.6. The average molecular weight is 831 g/mol. The lowest BCUT2D eigenvalue weighted by atomic mass is 9.81. The lowest BCUT2D eigenvalue weighted by Crippen LogP contribution is -2.20. The van der Waals surface area contributed by atoms with Crippen LogP contribution in [0.5, 0.6) is 0 Å². The minimum atomic E-state index is -0.213. The lowest BCUT2D eigenvalue weighted by Gasteiger charge is -2.32. The van der Waals surface area contributed by atoms with Gasteiger partial charge in [-0.25, -0.2) is 0 Å². The number of para-hydroxylation sites is 2. The Hall–Kier alpha value is -8.20. The monoisotopic (exact) mass is 830 g/mol. The van der Waals surface area contributed by atoms with Crippen LogP contribution in [-0.4, -0.2) is 4.57 Å². The highest BCUT2D eigenvalue weighted by Gasteiger charge is 2.38. The molecule has 0 atom stereocenters. The molecule has 1 heterocycles. The van der Waals surface area contributed by atoms with Gasteiger partial charge in [0.1, 0.15) is 0 Å². The zero-order chi connectivity index (χ0) is 43.5. The summed E-state index contributed by atoms with van der Waals surface area (Å²) >= 11 is 0. The van der Waals surface area contributed by atoms with Gasteiger partial charge in [-0.2, -0.15) is 0 Å². The maximum absolute atomic E-state index is 2.49. The molecule has 0 N–H and O–H groups in total. The first kappa shape index (κ1) is 38.5. The molecule has 1 aromatic heterocycles. The maximum atomic E-state index is 2.49. The summed E-state index contributed by atoms with van der Waals surface area (Å²) < 4.78 is 2.39. The van der Waals surface area contributed by atoms with Crippen LogP contribution in [0.4, 0.5) is 17.1 Å². The number of hydrogen-bond acceptors (Lipinski definition) is 1. The van der Waals surface area contributed by atoms with E-state index < -0.39 is 0 Å². The van der Waals surface area contributed by atoms with Gasteiger partial charge in [-0.15, -0.1) is 0 Å². The van der Waals surface area contributed by atoms with Crippen molar-refractivity contribution >= 4 is 38.9 Å². The molecule has 0 unspecified atom stereocenters. The predicted octanol–water partition coefficient (Wildman–Crippen LogP) is 17.2. The summed E-state index contributed by atoms with van der Waals surface area (Å²) in [6, 6.07) is 88.8. The van der Waals surface area contributed by atoms with Crippen LogP contribution in [0.3, 0.4) is 0 Å². The minimum Gasteiger partial charge on any atom is -0.310 e. The Morgan fingerprint density at radius 2 is 0.892 bits per heavy atom. The second-order valence-electron chi connectivity index (χ2n) is 17.7. The van der Waals surface area contributed by atoms with Crippen LogP contribution in [-0.2, 0) is 5.41 Å². The van der Waals surface area contributed by atoms with E-state index in [-0.39, 0.29) is 5.41 Å². The molecular formula is C63H46N2. The van der Waals surface area contributed by atoms with Gasteiger partial charge in [-0.1, -0.05) is 184 Å². The Morgan fingerprint density at radius 3 is 1.62 bits per heavy atom. The Balaban J connectivity index is 1.03. The minimum absolute atomic E-state index is 0.213. The van der Waals surface area contributed by atoms with Crippen LogP contribution in [0, 0.1) is 0 Å². The third kappa shape index (κ3) is 6.49. The van der Waals surface area contributed by atoms with E-state index in [9.17, 15) is 0 Å². The predicted molar refractivity (Wildman–Crippen MR) is 275 cm³/mol. The van der Waals surface area contributed by atoms with Crippen molar-refractivity contribution in [2.24, 2.45) is 0 Å². The highest BCUT2D eigenvalue weighted by atomic mass is 15.1. The fourth-order valence-corrected chi connectivity index (χ4v) is 10.6. The van der Waals surface area contributed by atoms with Crippen molar-refractivity contribution in [1.29, 1.82) is 0 Å². The molecule has 11 aromatic rings. The molecule has 0 amide bonds. The van der Waals surface area contributed by atoms with Crippen molar-refractivity contribution < 1.29 is 0 Å². The normalized spacial score (nSPS) is 12.6. The van der Waals surface area contributed by atoms with Crippen LogP contribution in [0.15, 0.2) is 243 Å². The molecule has 0 bridgehead atoms. The molecule has 0 aliphatic heterocycles. The second-order valence-corrected chi connectivity index (χ2v) is 17.7. The zero-order valence-electron chi connectivity index (χ0n) is 36.5. The molecular weight excluding hydrogens is 785 g/mol. The quantitative estimate of drug-likeness (QED) is 0.148. The molecule has 1 aliphatic carbocycles. The molecule has 65 heavy (non-hydrogen) atoms. The summed E-state index contributed by atoms with van der Waals surface area (Å²) in [5.74, 6) is 0. The van der Waals surface area contributed by atoms with E-state index in [1.807, 2.05) is 0 Å². The summed E-state index contributed by atoms with van der Waals surface area (Å²) in [5, 5.41) is 2.51. The highest BCUT2D eigenvalue weighted by Crippen LogP contribution is 2.54. The fourth-order valence-electron chi connectivity index (χ4n) is 10.6. The summed E-state index contributed by atoms with van der Waals surface area (Å²) in [6.07, 6.45) is 0. The number of hydrogen-bond donors (Lipinski definition) is 0. The Labute approximate surface area is 381 Å². The Bertz CT molecular complexity index is 3490. The summed E-state index contributed by atoms with van der Waals surface area (Å²) in [7, 11) is 0. The molecule has 308 valence electrons. The first-order valence-corrected chi connectivity index (χ1v) is 22.6. The largest absolute Gasteiger partial charge is 0.310 e. The number of nitrogens with zero attached hydrogens (tertiary/aromatic N) is 2. The summed E-state index contributed by atoms with van der Waals surface area (Å²) in [4.78, 5) is 2.49. The van der Waals surface area contributed by atoms with Gasteiger partial charge in [0.25, 0.3) is 0 Å². The Kier molecular flexibility index (Phi) is 9.21. The summed E-state index contributed by atoms with van der Waals surface area (Å²) in [6.45, 7) is 4.76. The molecule has 0 saturated heterocycles. The average Bonchev–Trinajstić information content (AvgIpc) is 3.84. The standard InChI is InChI=1S/C63H46N2/c1-63(2)57-31-14-12-27-54(57)55-30-18-34-60(62(55)63)64(52-26-16-23-46(42-52)49-40-47(43-19-6-3-7-20-43)39-48(41-49)44-21-8-4-9-22-44)51-37-35-45(36-38-51)53-29-17-33-59-61(53)56-28-13-15-32-58(56)65(59)50-24-10-5-11-25-50/h3-42H,1-2H3. The van der Waals surface area contributed by atoms with Crippen molar-refractivity contribution in [2.45, 2.75) is 19.3 Å². The molecule has 2 nitrogen and oxygen atoms in total. The van der Waals surface area contributed by atoms with Gasteiger partial charge in [-0.05, 0) is 140 Å². The van der Waals surface area contributed by atoms with Crippen LogP contribution < -0.4 is 4.90 Å². The molecule has 10 aromatic carbocycles. The molecule has 2 heteroatoms. The number of benzene rings is 10. The van der Waals surface area contributed by atoms with Crippen molar-refractivity contribution in [3.63, 3.8) is 0 Å². The smallest absolute Gasteiger partial charge is 0.0547 e. The van der Waals surface area contributed by atoms with E-state index in [2.05, 4.69) is 266 Å². The lowest BCUT2D eigenvalue weighted by molar-refractivity contribution is 0.661. The fraction of sp³-hybridized carbons (Fsp3) is 0.0476. The van der Waals surface area contributed by atoms with Gasteiger partial charge in [-0.3, -0.25) is 0 Å². The number of aromatic nitrogens is 1. The van der Waals surface area contributed by atoms with Crippen LogP contribution in [0.25, 0.3) is 83.1 Å². The SMILES string of the molecule is CC1(C)c2ccccc2-c2cccc(N(c3ccc(-c4cccc5c4c4ccccc4n5-c4ccccc4)cc3)c3cccc(-c4cc(-c5ccccc5)cc(-c5ccccc5)c4)c3)c21. The van der Waals surface area contributed by atoms with E-state index >= 15 is 0 Å². The van der Waals surface area contributed by atoms with E-state index in [1.54, 1.807) is 0 Å². The number of rotatable bonds is 8. The van der Waals surface area contributed by atoms with Crippen molar-refractivity contribution in [1.82, 2.24) is 4.57 Å². The maximum Gasteiger partial charge on any atom is 0.0547 e. The van der Waals surface area contributed by atoms with Crippen LogP contribution in [0.2, 0.25) is 0 Å². The van der Waals surface area contributed by atoms with Crippen molar-refractivity contribution in [3.05, 3.63) is 254 Å². The van der Waals surface area contributed by atoms with E-state index in [4.69, 9.17) is 0 Å².